The zero-order valence-corrected chi connectivity index (χ0v) is 11.1. The van der Waals surface area contributed by atoms with Crippen LogP contribution in [0.1, 0.15) is 32.1 Å². The standard InChI is InChI=1S/C13H22N2O4/c14-10-5-3-1-2-4-9(10)12(16)15-6-7-19-11(8-15)13(17)18/h9-11H,1-8,14H2,(H,17,18). The zero-order chi connectivity index (χ0) is 13.8. The lowest BCUT2D eigenvalue weighted by Gasteiger charge is -2.34. The molecule has 1 saturated heterocycles. The van der Waals surface area contributed by atoms with E-state index in [0.29, 0.717) is 6.54 Å². The van der Waals surface area contributed by atoms with Gasteiger partial charge in [0.05, 0.1) is 19.1 Å². The molecule has 3 N–H and O–H groups in total. The van der Waals surface area contributed by atoms with Crippen LogP contribution in [-0.4, -0.2) is 53.7 Å². The highest BCUT2D eigenvalue weighted by Crippen LogP contribution is 2.24. The average molecular weight is 270 g/mol. The van der Waals surface area contributed by atoms with E-state index in [4.69, 9.17) is 15.6 Å². The van der Waals surface area contributed by atoms with Crippen molar-refractivity contribution >= 4 is 11.9 Å². The first-order valence-corrected chi connectivity index (χ1v) is 6.98. The van der Waals surface area contributed by atoms with Crippen molar-refractivity contribution in [1.29, 1.82) is 0 Å². The Morgan fingerprint density at radius 3 is 2.68 bits per heavy atom. The number of carboxylic acid groups (broad SMARTS) is 1. The Hall–Kier alpha value is -1.14. The molecule has 0 radical (unpaired) electrons. The molecule has 3 atom stereocenters. The molecule has 6 heteroatoms. The van der Waals surface area contributed by atoms with Crippen LogP contribution in [0.4, 0.5) is 0 Å². The molecule has 0 aromatic heterocycles. The molecule has 6 nitrogen and oxygen atoms in total. The lowest BCUT2D eigenvalue weighted by Crippen LogP contribution is -2.52. The zero-order valence-electron chi connectivity index (χ0n) is 11.1. The van der Waals surface area contributed by atoms with E-state index in [1.54, 1.807) is 4.90 Å². The van der Waals surface area contributed by atoms with E-state index in [1.807, 2.05) is 0 Å². The first-order chi connectivity index (χ1) is 9.09. The third kappa shape index (κ3) is 3.45. The van der Waals surface area contributed by atoms with E-state index in [2.05, 4.69) is 0 Å². The molecule has 1 heterocycles. The van der Waals surface area contributed by atoms with Crippen LogP contribution in [0.25, 0.3) is 0 Å². The number of rotatable bonds is 2. The van der Waals surface area contributed by atoms with Gasteiger partial charge in [-0.1, -0.05) is 19.3 Å². The molecular formula is C13H22N2O4. The van der Waals surface area contributed by atoms with Crippen molar-refractivity contribution in [2.75, 3.05) is 19.7 Å². The van der Waals surface area contributed by atoms with Crippen molar-refractivity contribution < 1.29 is 19.4 Å². The summed E-state index contributed by atoms with van der Waals surface area (Å²) in [5.74, 6) is -1.17. The summed E-state index contributed by atoms with van der Waals surface area (Å²) in [5, 5.41) is 8.96. The minimum absolute atomic E-state index is 0.00366. The Labute approximate surface area is 112 Å². The second kappa shape index (κ2) is 6.34. The summed E-state index contributed by atoms with van der Waals surface area (Å²) in [6.07, 6.45) is 4.01. The SMILES string of the molecule is NC1CCCCCC1C(=O)N1CCOC(C(=O)O)C1. The topological polar surface area (TPSA) is 92.9 Å². The van der Waals surface area contributed by atoms with Crippen molar-refractivity contribution in [1.82, 2.24) is 4.90 Å². The summed E-state index contributed by atoms with van der Waals surface area (Å²) in [5.41, 5.74) is 6.09. The molecule has 0 aromatic rings. The Morgan fingerprint density at radius 1 is 1.21 bits per heavy atom. The fraction of sp³-hybridized carbons (Fsp3) is 0.846. The summed E-state index contributed by atoms with van der Waals surface area (Å²) < 4.78 is 5.13. The van der Waals surface area contributed by atoms with Crippen LogP contribution >= 0.6 is 0 Å². The number of carboxylic acids is 1. The Balaban J connectivity index is 1.99. The highest BCUT2D eigenvalue weighted by atomic mass is 16.5. The lowest BCUT2D eigenvalue weighted by molar-refractivity contribution is -0.160. The van der Waals surface area contributed by atoms with Gasteiger partial charge in [0.25, 0.3) is 0 Å². The third-order valence-electron chi connectivity index (χ3n) is 4.04. The molecule has 1 aliphatic heterocycles. The van der Waals surface area contributed by atoms with Crippen LogP contribution < -0.4 is 5.73 Å². The number of ether oxygens (including phenoxy) is 1. The van der Waals surface area contributed by atoms with Crippen LogP contribution in [0.5, 0.6) is 0 Å². The summed E-state index contributed by atoms with van der Waals surface area (Å²) in [6.45, 7) is 0.883. The number of morpholine rings is 1. The van der Waals surface area contributed by atoms with Crippen LogP contribution in [0, 0.1) is 5.92 Å². The van der Waals surface area contributed by atoms with Gasteiger partial charge >= 0.3 is 5.97 Å². The van der Waals surface area contributed by atoms with Gasteiger partial charge in [-0.15, -0.1) is 0 Å². The predicted octanol–water partition coefficient (Wildman–Crippen LogP) is 0.206. The Bertz CT molecular complexity index is 348. The molecule has 0 aromatic carbocycles. The van der Waals surface area contributed by atoms with Gasteiger partial charge in [-0.2, -0.15) is 0 Å². The van der Waals surface area contributed by atoms with Gasteiger partial charge in [0.2, 0.25) is 5.91 Å². The number of hydrogen-bond acceptors (Lipinski definition) is 4. The van der Waals surface area contributed by atoms with Crippen LogP contribution in [0.2, 0.25) is 0 Å². The van der Waals surface area contributed by atoms with Crippen LogP contribution in [-0.2, 0) is 14.3 Å². The minimum atomic E-state index is -1.01. The van der Waals surface area contributed by atoms with Crippen molar-refractivity contribution in [3.63, 3.8) is 0 Å². The predicted molar refractivity (Wildman–Crippen MR) is 68.5 cm³/mol. The molecule has 2 fully saturated rings. The third-order valence-corrected chi connectivity index (χ3v) is 4.04. The normalized spacial score (nSPS) is 32.7. The molecule has 1 saturated carbocycles. The number of nitrogens with zero attached hydrogens (tertiary/aromatic N) is 1. The fourth-order valence-corrected chi connectivity index (χ4v) is 2.88. The molecule has 19 heavy (non-hydrogen) atoms. The fourth-order valence-electron chi connectivity index (χ4n) is 2.88. The number of hydrogen-bond donors (Lipinski definition) is 2. The largest absolute Gasteiger partial charge is 0.479 e. The summed E-state index contributed by atoms with van der Waals surface area (Å²) >= 11 is 0. The van der Waals surface area contributed by atoms with Gasteiger partial charge in [-0.05, 0) is 12.8 Å². The number of carbonyl (C=O) groups is 2. The Kier molecular flexibility index (Phi) is 4.76. The van der Waals surface area contributed by atoms with Gasteiger partial charge in [0.15, 0.2) is 6.10 Å². The maximum atomic E-state index is 12.5. The molecule has 108 valence electrons. The molecule has 1 aliphatic carbocycles. The quantitative estimate of drug-likeness (QED) is 0.699. The second-order valence-corrected chi connectivity index (χ2v) is 5.39. The molecule has 1 amide bonds. The lowest BCUT2D eigenvalue weighted by atomic mass is 9.93. The first-order valence-electron chi connectivity index (χ1n) is 6.98. The molecule has 2 rings (SSSR count). The summed E-state index contributed by atoms with van der Waals surface area (Å²) in [4.78, 5) is 25.0. The van der Waals surface area contributed by atoms with E-state index in [-0.39, 0.29) is 31.0 Å². The minimum Gasteiger partial charge on any atom is -0.479 e. The van der Waals surface area contributed by atoms with Gasteiger partial charge in [0.1, 0.15) is 0 Å². The van der Waals surface area contributed by atoms with Crippen molar-refractivity contribution in [2.24, 2.45) is 11.7 Å². The van der Waals surface area contributed by atoms with E-state index in [0.717, 1.165) is 32.1 Å². The number of carbonyl (C=O) groups excluding carboxylic acids is 1. The van der Waals surface area contributed by atoms with Gasteiger partial charge in [-0.3, -0.25) is 4.79 Å². The van der Waals surface area contributed by atoms with Crippen molar-refractivity contribution in [3.05, 3.63) is 0 Å². The van der Waals surface area contributed by atoms with E-state index >= 15 is 0 Å². The second-order valence-electron chi connectivity index (χ2n) is 5.39. The van der Waals surface area contributed by atoms with Crippen molar-refractivity contribution in [2.45, 2.75) is 44.2 Å². The highest BCUT2D eigenvalue weighted by molar-refractivity contribution is 5.81. The highest BCUT2D eigenvalue weighted by Gasteiger charge is 2.35. The van der Waals surface area contributed by atoms with Gasteiger partial charge in [0, 0.05) is 12.6 Å². The summed E-state index contributed by atoms with van der Waals surface area (Å²) in [7, 11) is 0. The maximum Gasteiger partial charge on any atom is 0.334 e. The smallest absolute Gasteiger partial charge is 0.334 e. The number of aliphatic carboxylic acids is 1. The molecular weight excluding hydrogens is 248 g/mol. The van der Waals surface area contributed by atoms with Crippen LogP contribution in [0.3, 0.4) is 0 Å². The van der Waals surface area contributed by atoms with Crippen molar-refractivity contribution in [3.8, 4) is 0 Å². The number of nitrogens with two attached hydrogens (primary N) is 1. The molecule has 0 bridgehead atoms. The maximum absolute atomic E-state index is 12.5. The van der Waals surface area contributed by atoms with Gasteiger partial charge < -0.3 is 20.5 Å². The van der Waals surface area contributed by atoms with Crippen LogP contribution in [0.15, 0.2) is 0 Å². The van der Waals surface area contributed by atoms with E-state index in [9.17, 15) is 9.59 Å². The summed E-state index contributed by atoms with van der Waals surface area (Å²) in [6, 6.07) is -0.0962. The molecule has 2 aliphatic rings. The first kappa shape index (κ1) is 14.3. The molecule has 3 unspecified atom stereocenters. The van der Waals surface area contributed by atoms with E-state index in [1.165, 1.54) is 0 Å². The monoisotopic (exact) mass is 270 g/mol. The molecule has 0 spiro atoms. The number of amides is 1. The average Bonchev–Trinajstić information content (AvgIpc) is 2.63. The Morgan fingerprint density at radius 2 is 1.95 bits per heavy atom. The van der Waals surface area contributed by atoms with E-state index < -0.39 is 12.1 Å². The van der Waals surface area contributed by atoms with Gasteiger partial charge in [-0.25, -0.2) is 4.79 Å².